The minimum Gasteiger partial charge on any atom is -0.304 e. The van der Waals surface area contributed by atoms with Gasteiger partial charge in [0.2, 0.25) is 0 Å². The second-order valence-corrected chi connectivity index (χ2v) is 4.53. The van der Waals surface area contributed by atoms with Gasteiger partial charge in [-0.1, -0.05) is 35.8 Å². The molecule has 0 aliphatic rings. The first kappa shape index (κ1) is 11.7. The molecule has 2 nitrogen and oxygen atoms in total. The lowest BCUT2D eigenvalue weighted by Crippen LogP contribution is -2.06. The van der Waals surface area contributed by atoms with Crippen LogP contribution >= 0.6 is 15.9 Å². The number of benzene rings is 1. The van der Waals surface area contributed by atoms with Crippen molar-refractivity contribution in [2.45, 2.75) is 26.2 Å². The summed E-state index contributed by atoms with van der Waals surface area (Å²) >= 11 is 3.47. The SMILES string of the molecule is CC(C)c1ccc(Br)cc1CCON. The average molecular weight is 258 g/mol. The molecule has 1 aromatic rings. The highest BCUT2D eigenvalue weighted by Crippen LogP contribution is 2.23. The van der Waals surface area contributed by atoms with Crippen molar-refractivity contribution in [2.75, 3.05) is 6.61 Å². The Bertz CT molecular complexity index is 299. The molecule has 2 N–H and O–H groups in total. The molecule has 78 valence electrons. The van der Waals surface area contributed by atoms with E-state index in [1.165, 1.54) is 11.1 Å². The topological polar surface area (TPSA) is 35.2 Å². The lowest BCUT2D eigenvalue weighted by Gasteiger charge is -2.12. The predicted octanol–water partition coefficient (Wildman–Crippen LogP) is 3.01. The highest BCUT2D eigenvalue weighted by atomic mass is 79.9. The Kier molecular flexibility index (Phi) is 4.58. The first-order valence-electron chi connectivity index (χ1n) is 4.75. The maximum atomic E-state index is 5.03. The third-order valence-corrected chi connectivity index (χ3v) is 2.71. The van der Waals surface area contributed by atoms with Crippen LogP contribution in [0.5, 0.6) is 0 Å². The normalized spacial score (nSPS) is 10.9. The van der Waals surface area contributed by atoms with E-state index in [0.29, 0.717) is 12.5 Å². The number of hydrogen-bond acceptors (Lipinski definition) is 2. The third-order valence-electron chi connectivity index (χ3n) is 2.22. The molecule has 0 spiro atoms. The smallest absolute Gasteiger partial charge is 0.0719 e. The Morgan fingerprint density at radius 3 is 2.71 bits per heavy atom. The van der Waals surface area contributed by atoms with E-state index in [4.69, 9.17) is 5.90 Å². The van der Waals surface area contributed by atoms with Crippen molar-refractivity contribution in [3.05, 3.63) is 33.8 Å². The molecular formula is C11H16BrNO. The van der Waals surface area contributed by atoms with Crippen molar-refractivity contribution in [3.63, 3.8) is 0 Å². The van der Waals surface area contributed by atoms with Gasteiger partial charge in [0, 0.05) is 4.47 Å². The molecule has 0 heterocycles. The van der Waals surface area contributed by atoms with Crippen molar-refractivity contribution in [3.8, 4) is 0 Å². The molecule has 0 radical (unpaired) electrons. The van der Waals surface area contributed by atoms with Crippen LogP contribution in [0, 0.1) is 0 Å². The summed E-state index contributed by atoms with van der Waals surface area (Å²) in [4.78, 5) is 4.61. The van der Waals surface area contributed by atoms with Crippen molar-refractivity contribution in [1.29, 1.82) is 0 Å². The van der Waals surface area contributed by atoms with Gasteiger partial charge >= 0.3 is 0 Å². The molecule has 0 unspecified atom stereocenters. The molecule has 0 bridgehead atoms. The first-order chi connectivity index (χ1) is 6.65. The number of rotatable bonds is 4. The van der Waals surface area contributed by atoms with Crippen LogP contribution in [0.1, 0.15) is 30.9 Å². The van der Waals surface area contributed by atoms with Crippen LogP contribution in [-0.2, 0) is 11.3 Å². The van der Waals surface area contributed by atoms with E-state index in [-0.39, 0.29) is 0 Å². The van der Waals surface area contributed by atoms with Crippen LogP contribution in [0.4, 0.5) is 0 Å². The quantitative estimate of drug-likeness (QED) is 0.842. The molecule has 0 aliphatic carbocycles. The second kappa shape index (κ2) is 5.49. The number of nitrogens with two attached hydrogens (primary N) is 1. The maximum Gasteiger partial charge on any atom is 0.0719 e. The summed E-state index contributed by atoms with van der Waals surface area (Å²) in [5.74, 6) is 5.57. The van der Waals surface area contributed by atoms with E-state index >= 15 is 0 Å². The van der Waals surface area contributed by atoms with Gasteiger partial charge in [-0.25, -0.2) is 5.90 Å². The van der Waals surface area contributed by atoms with E-state index in [0.717, 1.165) is 10.9 Å². The van der Waals surface area contributed by atoms with Crippen molar-refractivity contribution in [1.82, 2.24) is 0 Å². The lowest BCUT2D eigenvalue weighted by atomic mass is 9.96. The summed E-state index contributed by atoms with van der Waals surface area (Å²) in [5, 5.41) is 0. The van der Waals surface area contributed by atoms with Gasteiger partial charge in [-0.15, -0.1) is 0 Å². The van der Waals surface area contributed by atoms with Crippen LogP contribution in [-0.4, -0.2) is 6.61 Å². The second-order valence-electron chi connectivity index (χ2n) is 3.62. The molecule has 0 aliphatic heterocycles. The molecule has 3 heteroatoms. The minimum absolute atomic E-state index is 0.538. The standard InChI is InChI=1S/C11H16BrNO/c1-8(2)11-4-3-10(12)7-9(11)5-6-14-13/h3-4,7-8H,5-6,13H2,1-2H3. The summed E-state index contributed by atoms with van der Waals surface area (Å²) in [6.45, 7) is 4.95. The molecule has 0 aromatic heterocycles. The largest absolute Gasteiger partial charge is 0.304 e. The van der Waals surface area contributed by atoms with Gasteiger partial charge in [0.05, 0.1) is 6.61 Å². The first-order valence-corrected chi connectivity index (χ1v) is 5.54. The van der Waals surface area contributed by atoms with Gasteiger partial charge < -0.3 is 4.84 Å². The zero-order valence-electron chi connectivity index (χ0n) is 8.59. The fourth-order valence-corrected chi connectivity index (χ4v) is 1.93. The third kappa shape index (κ3) is 3.08. The van der Waals surface area contributed by atoms with Crippen LogP contribution in [0.2, 0.25) is 0 Å². The minimum atomic E-state index is 0.538. The fourth-order valence-electron chi connectivity index (χ4n) is 1.52. The van der Waals surface area contributed by atoms with Gasteiger partial charge in [0.15, 0.2) is 0 Å². The van der Waals surface area contributed by atoms with Crippen molar-refractivity contribution < 1.29 is 4.84 Å². The molecule has 0 saturated heterocycles. The van der Waals surface area contributed by atoms with Gasteiger partial charge in [-0.3, -0.25) is 0 Å². The molecule has 14 heavy (non-hydrogen) atoms. The molecule has 1 aromatic carbocycles. The molecule has 1 rings (SSSR count). The summed E-state index contributed by atoms with van der Waals surface area (Å²) < 4.78 is 1.11. The number of halogens is 1. The zero-order valence-corrected chi connectivity index (χ0v) is 10.2. The van der Waals surface area contributed by atoms with E-state index in [1.54, 1.807) is 0 Å². The summed E-state index contributed by atoms with van der Waals surface area (Å²) in [7, 11) is 0. The Labute approximate surface area is 93.5 Å². The molecule has 0 amide bonds. The molecule has 0 saturated carbocycles. The van der Waals surface area contributed by atoms with Gasteiger partial charge in [-0.05, 0) is 35.6 Å². The highest BCUT2D eigenvalue weighted by molar-refractivity contribution is 9.10. The Balaban J connectivity index is 2.91. The molecule has 0 atom stereocenters. The van der Waals surface area contributed by atoms with E-state index in [9.17, 15) is 0 Å². The van der Waals surface area contributed by atoms with Crippen LogP contribution < -0.4 is 5.90 Å². The molecule has 0 fully saturated rings. The predicted molar refractivity (Wildman–Crippen MR) is 62.1 cm³/mol. The van der Waals surface area contributed by atoms with Crippen LogP contribution in [0.25, 0.3) is 0 Å². The average Bonchev–Trinajstić information content (AvgIpc) is 2.14. The van der Waals surface area contributed by atoms with Gasteiger partial charge in [0.1, 0.15) is 0 Å². The zero-order chi connectivity index (χ0) is 10.6. The van der Waals surface area contributed by atoms with Crippen molar-refractivity contribution in [2.24, 2.45) is 5.90 Å². The van der Waals surface area contributed by atoms with Crippen LogP contribution in [0.3, 0.4) is 0 Å². The Morgan fingerprint density at radius 2 is 2.14 bits per heavy atom. The lowest BCUT2D eigenvalue weighted by molar-refractivity contribution is 0.141. The summed E-state index contributed by atoms with van der Waals surface area (Å²) in [5.41, 5.74) is 2.67. The monoisotopic (exact) mass is 257 g/mol. The Morgan fingerprint density at radius 1 is 1.43 bits per heavy atom. The summed E-state index contributed by atoms with van der Waals surface area (Å²) in [6.07, 6.45) is 0.865. The van der Waals surface area contributed by atoms with Gasteiger partial charge in [0.25, 0.3) is 0 Å². The van der Waals surface area contributed by atoms with Gasteiger partial charge in [-0.2, -0.15) is 0 Å². The fraction of sp³-hybridized carbons (Fsp3) is 0.455. The van der Waals surface area contributed by atoms with E-state index < -0.39 is 0 Å². The number of hydrogen-bond donors (Lipinski definition) is 1. The summed E-state index contributed by atoms with van der Waals surface area (Å²) in [6, 6.07) is 6.36. The highest BCUT2D eigenvalue weighted by Gasteiger charge is 2.06. The van der Waals surface area contributed by atoms with Crippen molar-refractivity contribution >= 4 is 15.9 Å². The maximum absolute atomic E-state index is 5.03. The van der Waals surface area contributed by atoms with E-state index in [2.05, 4.69) is 52.8 Å². The van der Waals surface area contributed by atoms with Crippen LogP contribution in [0.15, 0.2) is 22.7 Å². The molecular weight excluding hydrogens is 242 g/mol. The Hall–Kier alpha value is -0.380. The van der Waals surface area contributed by atoms with E-state index in [1.807, 2.05) is 0 Å².